The van der Waals surface area contributed by atoms with Crippen molar-refractivity contribution in [3.8, 4) is 5.69 Å². The van der Waals surface area contributed by atoms with Gasteiger partial charge in [-0.3, -0.25) is 4.57 Å². The van der Waals surface area contributed by atoms with E-state index in [0.717, 1.165) is 0 Å². The number of hydrogen-bond acceptors (Lipinski definition) is 2. The van der Waals surface area contributed by atoms with Crippen molar-refractivity contribution in [3.05, 3.63) is 52.3 Å². The number of hydrogen-bond donors (Lipinski definition) is 1. The van der Waals surface area contributed by atoms with Crippen molar-refractivity contribution in [3.63, 3.8) is 0 Å². The first-order valence-corrected chi connectivity index (χ1v) is 6.22. The number of halogens is 3. The molecule has 3 nitrogen and oxygen atoms in total. The molecule has 0 aliphatic carbocycles. The third kappa shape index (κ3) is 1.84. The van der Waals surface area contributed by atoms with Gasteiger partial charge in [-0.15, -0.1) is 0 Å². The molecule has 0 radical (unpaired) electrons. The fourth-order valence-corrected chi connectivity index (χ4v) is 2.38. The normalized spacial score (nSPS) is 11.1. The van der Waals surface area contributed by atoms with Crippen LogP contribution in [0.5, 0.6) is 0 Å². The molecule has 0 saturated heterocycles. The number of rotatable bonds is 1. The summed E-state index contributed by atoms with van der Waals surface area (Å²) in [6.45, 7) is 0. The molecular formula is C13H8Cl2FN3. The van der Waals surface area contributed by atoms with Gasteiger partial charge in [-0.2, -0.15) is 0 Å². The van der Waals surface area contributed by atoms with Gasteiger partial charge in [0.25, 0.3) is 0 Å². The summed E-state index contributed by atoms with van der Waals surface area (Å²) in [7, 11) is 0. The molecule has 2 N–H and O–H groups in total. The van der Waals surface area contributed by atoms with E-state index in [9.17, 15) is 4.39 Å². The largest absolute Gasteiger partial charge is 0.369 e. The van der Waals surface area contributed by atoms with Crippen molar-refractivity contribution in [2.45, 2.75) is 0 Å². The maximum atomic E-state index is 13.7. The second-order valence-corrected chi connectivity index (χ2v) is 4.77. The van der Waals surface area contributed by atoms with Crippen molar-refractivity contribution in [2.75, 3.05) is 5.73 Å². The van der Waals surface area contributed by atoms with Crippen LogP contribution in [0.2, 0.25) is 10.0 Å². The molecule has 3 aromatic rings. The number of anilines is 1. The second kappa shape index (κ2) is 4.40. The fourth-order valence-electron chi connectivity index (χ4n) is 2.00. The Morgan fingerprint density at radius 1 is 1.11 bits per heavy atom. The second-order valence-electron chi connectivity index (χ2n) is 3.99. The van der Waals surface area contributed by atoms with Gasteiger partial charge in [0, 0.05) is 0 Å². The van der Waals surface area contributed by atoms with E-state index in [1.165, 1.54) is 6.07 Å². The molecular weight excluding hydrogens is 288 g/mol. The minimum atomic E-state index is -0.430. The van der Waals surface area contributed by atoms with Crippen LogP contribution in [-0.2, 0) is 0 Å². The maximum absolute atomic E-state index is 13.7. The summed E-state index contributed by atoms with van der Waals surface area (Å²) in [6.07, 6.45) is 0. The highest BCUT2D eigenvalue weighted by atomic mass is 35.5. The SMILES string of the molecule is Nc1nc2c(F)cccc2n1-c1cccc(Cl)c1Cl. The van der Waals surface area contributed by atoms with E-state index in [-0.39, 0.29) is 11.5 Å². The Bertz CT molecular complexity index is 783. The summed E-state index contributed by atoms with van der Waals surface area (Å²) in [5, 5.41) is 0.747. The number of nitrogen functional groups attached to an aromatic ring is 1. The molecule has 19 heavy (non-hydrogen) atoms. The van der Waals surface area contributed by atoms with Crippen LogP contribution in [0.15, 0.2) is 36.4 Å². The number of fused-ring (bicyclic) bond motifs is 1. The molecule has 0 unspecified atom stereocenters. The van der Waals surface area contributed by atoms with Gasteiger partial charge in [0.05, 0.1) is 21.2 Å². The van der Waals surface area contributed by atoms with E-state index < -0.39 is 5.82 Å². The predicted octanol–water partition coefficient (Wildman–Crippen LogP) is 4.05. The highest BCUT2D eigenvalue weighted by Crippen LogP contribution is 2.32. The number of para-hydroxylation sites is 1. The van der Waals surface area contributed by atoms with Crippen LogP contribution in [0, 0.1) is 5.82 Å². The molecule has 2 aromatic carbocycles. The molecule has 96 valence electrons. The van der Waals surface area contributed by atoms with Gasteiger partial charge in [0.15, 0.2) is 5.82 Å². The molecule has 0 aliphatic rings. The van der Waals surface area contributed by atoms with Crippen molar-refractivity contribution in [1.29, 1.82) is 0 Å². The molecule has 3 rings (SSSR count). The molecule has 6 heteroatoms. The van der Waals surface area contributed by atoms with Gasteiger partial charge in [-0.25, -0.2) is 9.37 Å². The lowest BCUT2D eigenvalue weighted by Gasteiger charge is -2.09. The summed E-state index contributed by atoms with van der Waals surface area (Å²) in [6, 6.07) is 9.80. The quantitative estimate of drug-likeness (QED) is 0.736. The summed E-state index contributed by atoms with van der Waals surface area (Å²) in [5.41, 5.74) is 7.17. The Morgan fingerprint density at radius 3 is 2.63 bits per heavy atom. The smallest absolute Gasteiger partial charge is 0.206 e. The summed E-state index contributed by atoms with van der Waals surface area (Å²) < 4.78 is 15.3. The van der Waals surface area contributed by atoms with Crippen molar-refractivity contribution in [2.24, 2.45) is 0 Å². The summed E-state index contributed by atoms with van der Waals surface area (Å²) >= 11 is 12.2. The summed E-state index contributed by atoms with van der Waals surface area (Å²) in [4.78, 5) is 4.02. The Kier molecular flexibility index (Phi) is 2.84. The highest BCUT2D eigenvalue weighted by molar-refractivity contribution is 6.43. The first-order valence-electron chi connectivity index (χ1n) is 5.46. The zero-order valence-electron chi connectivity index (χ0n) is 9.57. The van der Waals surface area contributed by atoms with Gasteiger partial charge in [0.2, 0.25) is 5.95 Å². The minimum Gasteiger partial charge on any atom is -0.369 e. The van der Waals surface area contributed by atoms with Crippen molar-refractivity contribution < 1.29 is 4.39 Å². The molecule has 0 bridgehead atoms. The van der Waals surface area contributed by atoms with Crippen molar-refractivity contribution in [1.82, 2.24) is 9.55 Å². The number of imidazole rings is 1. The van der Waals surface area contributed by atoms with E-state index in [2.05, 4.69) is 4.98 Å². The van der Waals surface area contributed by atoms with E-state index in [4.69, 9.17) is 28.9 Å². The first-order chi connectivity index (χ1) is 9.09. The molecule has 0 spiro atoms. The standard InChI is InChI=1S/C13H8Cl2FN3/c14-7-3-1-5-9(11(7)15)19-10-6-2-4-8(16)12(10)18-13(19)17/h1-6H,(H2,17,18). The van der Waals surface area contributed by atoms with Crippen LogP contribution in [0.4, 0.5) is 10.3 Å². The molecule has 1 heterocycles. The number of benzene rings is 2. The van der Waals surface area contributed by atoms with Gasteiger partial charge < -0.3 is 5.73 Å². The molecule has 1 aromatic heterocycles. The Balaban J connectivity index is 2.40. The van der Waals surface area contributed by atoms with Crippen molar-refractivity contribution >= 4 is 40.2 Å². The lowest BCUT2D eigenvalue weighted by Crippen LogP contribution is -2.01. The highest BCUT2D eigenvalue weighted by Gasteiger charge is 2.15. The van der Waals surface area contributed by atoms with Gasteiger partial charge in [-0.1, -0.05) is 35.3 Å². The first kappa shape index (κ1) is 12.3. The topological polar surface area (TPSA) is 43.8 Å². The monoisotopic (exact) mass is 295 g/mol. The lowest BCUT2D eigenvalue weighted by molar-refractivity contribution is 0.637. The predicted molar refractivity (Wildman–Crippen MR) is 75.5 cm³/mol. The van der Waals surface area contributed by atoms with Crippen LogP contribution in [-0.4, -0.2) is 9.55 Å². The van der Waals surface area contributed by atoms with Crippen LogP contribution < -0.4 is 5.73 Å². The molecule has 0 amide bonds. The number of aromatic nitrogens is 2. The zero-order valence-corrected chi connectivity index (χ0v) is 11.1. The van der Waals surface area contributed by atoms with Crippen LogP contribution in [0.25, 0.3) is 16.7 Å². The van der Waals surface area contributed by atoms with Crippen LogP contribution >= 0.6 is 23.2 Å². The number of nitrogens with two attached hydrogens (primary N) is 1. The molecule has 0 saturated carbocycles. The minimum absolute atomic E-state index is 0.157. The Morgan fingerprint density at radius 2 is 1.84 bits per heavy atom. The van der Waals surface area contributed by atoms with Gasteiger partial charge >= 0.3 is 0 Å². The molecule has 0 atom stereocenters. The average molecular weight is 296 g/mol. The Labute approximate surface area is 118 Å². The zero-order chi connectivity index (χ0) is 13.6. The molecule has 0 aliphatic heterocycles. The van der Waals surface area contributed by atoms with Crippen LogP contribution in [0.1, 0.15) is 0 Å². The van der Waals surface area contributed by atoms with E-state index >= 15 is 0 Å². The van der Waals surface area contributed by atoms with E-state index in [1.807, 2.05) is 0 Å². The van der Waals surface area contributed by atoms with E-state index in [1.54, 1.807) is 34.9 Å². The third-order valence-corrected chi connectivity index (χ3v) is 3.64. The van der Waals surface area contributed by atoms with Crippen LogP contribution in [0.3, 0.4) is 0 Å². The third-order valence-electron chi connectivity index (χ3n) is 2.83. The number of nitrogens with zero attached hydrogens (tertiary/aromatic N) is 2. The van der Waals surface area contributed by atoms with E-state index in [0.29, 0.717) is 21.2 Å². The van der Waals surface area contributed by atoms with Gasteiger partial charge in [-0.05, 0) is 24.3 Å². The maximum Gasteiger partial charge on any atom is 0.206 e. The van der Waals surface area contributed by atoms with Gasteiger partial charge in [0.1, 0.15) is 5.52 Å². The average Bonchev–Trinajstić information content (AvgIpc) is 2.71. The summed E-state index contributed by atoms with van der Waals surface area (Å²) in [5.74, 6) is -0.273. The fraction of sp³-hybridized carbons (Fsp3) is 0. The lowest BCUT2D eigenvalue weighted by atomic mass is 10.2. The molecule has 0 fully saturated rings. The Hall–Kier alpha value is -1.78.